The van der Waals surface area contributed by atoms with Crippen molar-refractivity contribution in [2.24, 2.45) is 5.92 Å². The van der Waals surface area contributed by atoms with E-state index in [0.29, 0.717) is 17.9 Å². The Morgan fingerprint density at radius 2 is 2.10 bits per heavy atom. The molecule has 2 fully saturated rings. The van der Waals surface area contributed by atoms with E-state index in [1.165, 1.54) is 16.9 Å². The number of piperidine rings is 1. The number of carbonyl (C=O) groups is 1. The topological polar surface area (TPSA) is 32.3 Å². The molecule has 1 aromatic rings. The van der Waals surface area contributed by atoms with Gasteiger partial charge in [-0.15, -0.1) is 11.3 Å². The predicted molar refractivity (Wildman–Crippen MR) is 87.7 cm³/mol. The average Bonchev–Trinajstić information content (AvgIpc) is 2.83. The Labute approximate surface area is 131 Å². The fourth-order valence-corrected chi connectivity index (χ4v) is 4.18. The molecule has 1 saturated carbocycles. The number of nitrogens with one attached hydrogen (secondary N) is 1. The van der Waals surface area contributed by atoms with Gasteiger partial charge >= 0.3 is 0 Å². The zero-order valence-electron chi connectivity index (χ0n) is 12.9. The highest BCUT2D eigenvalue weighted by atomic mass is 32.1. The Kier molecular flexibility index (Phi) is 4.96. The summed E-state index contributed by atoms with van der Waals surface area (Å²) in [6.45, 7) is 5.15. The second-order valence-corrected chi connectivity index (χ2v) is 7.46. The van der Waals surface area contributed by atoms with Crippen LogP contribution >= 0.6 is 11.3 Å². The fourth-order valence-electron chi connectivity index (χ4n) is 3.27. The molecule has 0 unspecified atom stereocenters. The number of hydrogen-bond acceptors (Lipinski definition) is 3. The Morgan fingerprint density at radius 3 is 2.67 bits per heavy atom. The van der Waals surface area contributed by atoms with Crippen LogP contribution in [0.2, 0.25) is 0 Å². The SMILES string of the molecule is Cc1ccsc1CCNC1CCN(C(=O)C2CCC2)CC1. The maximum atomic E-state index is 12.2. The first kappa shape index (κ1) is 15.0. The molecular weight excluding hydrogens is 280 g/mol. The van der Waals surface area contributed by atoms with E-state index < -0.39 is 0 Å². The summed E-state index contributed by atoms with van der Waals surface area (Å²) in [5, 5.41) is 5.85. The van der Waals surface area contributed by atoms with Gasteiger partial charge in [0.05, 0.1) is 0 Å². The molecular formula is C17H26N2OS. The van der Waals surface area contributed by atoms with Crippen molar-refractivity contribution in [3.63, 3.8) is 0 Å². The van der Waals surface area contributed by atoms with Crippen LogP contribution in [-0.2, 0) is 11.2 Å². The number of carbonyl (C=O) groups excluding carboxylic acids is 1. The fraction of sp³-hybridized carbons (Fsp3) is 0.706. The molecule has 1 aliphatic heterocycles. The summed E-state index contributed by atoms with van der Waals surface area (Å²) in [6.07, 6.45) is 6.85. The summed E-state index contributed by atoms with van der Waals surface area (Å²) in [5.41, 5.74) is 1.42. The van der Waals surface area contributed by atoms with Crippen LogP contribution in [0, 0.1) is 12.8 Å². The predicted octanol–water partition coefficient (Wildman–Crippen LogP) is 2.98. The third-order valence-electron chi connectivity index (χ3n) is 5.01. The summed E-state index contributed by atoms with van der Waals surface area (Å²) in [5.74, 6) is 0.783. The minimum Gasteiger partial charge on any atom is -0.342 e. The number of rotatable bonds is 5. The standard InChI is InChI=1S/C17H26N2OS/c1-13-8-12-21-16(13)5-9-18-15-6-10-19(11-7-15)17(20)14-3-2-4-14/h8,12,14-15,18H,2-7,9-11H2,1H3. The van der Waals surface area contributed by atoms with Crippen LogP contribution in [0.25, 0.3) is 0 Å². The number of amides is 1. The van der Waals surface area contributed by atoms with E-state index in [9.17, 15) is 4.79 Å². The van der Waals surface area contributed by atoms with Gasteiger partial charge in [0.1, 0.15) is 0 Å². The van der Waals surface area contributed by atoms with Crippen molar-refractivity contribution >= 4 is 17.2 Å². The molecule has 1 N–H and O–H groups in total. The lowest BCUT2D eigenvalue weighted by molar-refractivity contribution is -0.139. The summed E-state index contributed by atoms with van der Waals surface area (Å²) < 4.78 is 0. The van der Waals surface area contributed by atoms with Crippen LogP contribution in [0.4, 0.5) is 0 Å². The van der Waals surface area contributed by atoms with Crippen molar-refractivity contribution in [3.05, 3.63) is 21.9 Å². The Bertz CT molecular complexity index is 473. The molecule has 0 radical (unpaired) electrons. The third-order valence-corrected chi connectivity index (χ3v) is 6.10. The van der Waals surface area contributed by atoms with Crippen LogP contribution in [0.5, 0.6) is 0 Å². The van der Waals surface area contributed by atoms with E-state index in [1.807, 2.05) is 11.3 Å². The van der Waals surface area contributed by atoms with Crippen molar-refractivity contribution in [3.8, 4) is 0 Å². The van der Waals surface area contributed by atoms with Crippen molar-refractivity contribution in [2.45, 2.75) is 51.5 Å². The van der Waals surface area contributed by atoms with Gasteiger partial charge in [-0.3, -0.25) is 4.79 Å². The highest BCUT2D eigenvalue weighted by molar-refractivity contribution is 7.10. The van der Waals surface area contributed by atoms with Crippen molar-refractivity contribution in [1.29, 1.82) is 0 Å². The van der Waals surface area contributed by atoms with Crippen LogP contribution in [-0.4, -0.2) is 36.5 Å². The normalized spacial score (nSPS) is 20.5. The molecule has 1 aliphatic carbocycles. The van der Waals surface area contributed by atoms with Gasteiger partial charge in [-0.2, -0.15) is 0 Å². The second kappa shape index (κ2) is 6.93. The molecule has 21 heavy (non-hydrogen) atoms. The largest absolute Gasteiger partial charge is 0.342 e. The molecule has 0 atom stereocenters. The van der Waals surface area contributed by atoms with E-state index >= 15 is 0 Å². The molecule has 0 spiro atoms. The van der Waals surface area contributed by atoms with Gasteiger partial charge in [0.25, 0.3) is 0 Å². The quantitative estimate of drug-likeness (QED) is 0.907. The second-order valence-electron chi connectivity index (χ2n) is 6.46. The number of hydrogen-bond donors (Lipinski definition) is 1. The zero-order valence-corrected chi connectivity index (χ0v) is 13.8. The van der Waals surface area contributed by atoms with E-state index in [2.05, 4.69) is 28.6 Å². The van der Waals surface area contributed by atoms with Crippen LogP contribution in [0.1, 0.15) is 42.5 Å². The summed E-state index contributed by atoms with van der Waals surface area (Å²) in [7, 11) is 0. The Balaban J connectivity index is 1.36. The Hall–Kier alpha value is -0.870. The number of nitrogens with zero attached hydrogens (tertiary/aromatic N) is 1. The molecule has 116 valence electrons. The molecule has 3 nitrogen and oxygen atoms in total. The molecule has 0 bridgehead atoms. The maximum Gasteiger partial charge on any atom is 0.225 e. The molecule has 1 saturated heterocycles. The molecule has 2 aliphatic rings. The van der Waals surface area contributed by atoms with E-state index in [1.54, 1.807) is 0 Å². The lowest BCUT2D eigenvalue weighted by Gasteiger charge is -2.36. The molecule has 1 amide bonds. The minimum atomic E-state index is 0.358. The van der Waals surface area contributed by atoms with Gasteiger partial charge in [-0.1, -0.05) is 6.42 Å². The highest BCUT2D eigenvalue weighted by Gasteiger charge is 2.31. The molecule has 0 aromatic carbocycles. The molecule has 4 heteroatoms. The van der Waals surface area contributed by atoms with Crippen molar-refractivity contribution in [2.75, 3.05) is 19.6 Å². The third kappa shape index (κ3) is 3.67. The first-order valence-corrected chi connectivity index (χ1v) is 9.17. The lowest BCUT2D eigenvalue weighted by Crippen LogP contribution is -2.48. The number of likely N-dealkylation sites (tertiary alicyclic amines) is 1. The van der Waals surface area contributed by atoms with E-state index in [-0.39, 0.29) is 0 Å². The number of thiophene rings is 1. The smallest absolute Gasteiger partial charge is 0.225 e. The Morgan fingerprint density at radius 1 is 1.33 bits per heavy atom. The summed E-state index contributed by atoms with van der Waals surface area (Å²) >= 11 is 1.86. The maximum absolute atomic E-state index is 12.2. The summed E-state index contributed by atoms with van der Waals surface area (Å²) in [6, 6.07) is 2.79. The highest BCUT2D eigenvalue weighted by Crippen LogP contribution is 2.29. The lowest BCUT2D eigenvalue weighted by atomic mass is 9.84. The van der Waals surface area contributed by atoms with Crippen molar-refractivity contribution in [1.82, 2.24) is 10.2 Å². The monoisotopic (exact) mass is 306 g/mol. The van der Waals surface area contributed by atoms with Crippen molar-refractivity contribution < 1.29 is 4.79 Å². The van der Waals surface area contributed by atoms with Crippen LogP contribution < -0.4 is 5.32 Å². The van der Waals surface area contributed by atoms with Gasteiger partial charge in [0.2, 0.25) is 5.91 Å². The first-order valence-electron chi connectivity index (χ1n) is 8.29. The van der Waals surface area contributed by atoms with Crippen LogP contribution in [0.15, 0.2) is 11.4 Å². The molecule has 3 rings (SSSR count). The zero-order chi connectivity index (χ0) is 14.7. The minimum absolute atomic E-state index is 0.358. The van der Waals surface area contributed by atoms with E-state index in [0.717, 1.165) is 51.7 Å². The van der Waals surface area contributed by atoms with Gasteiger partial charge in [-0.05, 0) is 56.0 Å². The van der Waals surface area contributed by atoms with Gasteiger partial charge < -0.3 is 10.2 Å². The first-order chi connectivity index (χ1) is 10.2. The average molecular weight is 306 g/mol. The molecule has 1 aromatic heterocycles. The van der Waals surface area contributed by atoms with E-state index in [4.69, 9.17) is 0 Å². The molecule has 2 heterocycles. The van der Waals surface area contributed by atoms with Gasteiger partial charge in [-0.25, -0.2) is 0 Å². The summed E-state index contributed by atoms with van der Waals surface area (Å²) in [4.78, 5) is 15.8. The van der Waals surface area contributed by atoms with Gasteiger partial charge in [0.15, 0.2) is 0 Å². The number of aryl methyl sites for hydroxylation is 1. The van der Waals surface area contributed by atoms with Crippen LogP contribution in [0.3, 0.4) is 0 Å². The van der Waals surface area contributed by atoms with Gasteiger partial charge in [0, 0.05) is 36.5 Å².